The predicted octanol–water partition coefficient (Wildman–Crippen LogP) is 4.39. The molecule has 0 amide bonds. The number of nitrogens with zero attached hydrogens (tertiary/aromatic N) is 2. The van der Waals surface area contributed by atoms with Crippen LogP contribution in [-0.4, -0.2) is 26.8 Å². The summed E-state index contributed by atoms with van der Waals surface area (Å²) in [4.78, 5) is 13.4. The van der Waals surface area contributed by atoms with Gasteiger partial charge < -0.3 is 5.11 Å². The van der Waals surface area contributed by atoms with E-state index in [0.717, 1.165) is 49.2 Å². The first kappa shape index (κ1) is 18.6. The largest absolute Gasteiger partial charge is 0.393 e. The van der Waals surface area contributed by atoms with Crippen LogP contribution >= 0.6 is 0 Å². The maximum Gasteiger partial charge on any atom is 0.165 e. The summed E-state index contributed by atoms with van der Waals surface area (Å²) in [6, 6.07) is 0. The molecule has 0 spiro atoms. The van der Waals surface area contributed by atoms with E-state index in [4.69, 9.17) is 0 Å². The van der Waals surface area contributed by atoms with Crippen molar-refractivity contribution in [2.75, 3.05) is 0 Å². The average molecular weight is 383 g/mol. The minimum Gasteiger partial charge on any atom is -0.393 e. The maximum absolute atomic E-state index is 13.4. The monoisotopic (exact) mass is 382 g/mol. The molecule has 4 nitrogen and oxygen atoms in total. The summed E-state index contributed by atoms with van der Waals surface area (Å²) < 4.78 is 1.80. The van der Waals surface area contributed by atoms with Gasteiger partial charge in [-0.05, 0) is 92.1 Å². The van der Waals surface area contributed by atoms with Gasteiger partial charge in [-0.15, -0.1) is 0 Å². The third-order valence-electron chi connectivity index (χ3n) is 9.34. The van der Waals surface area contributed by atoms with E-state index in [0.29, 0.717) is 29.0 Å². The Bertz CT molecular complexity index is 826. The van der Waals surface area contributed by atoms with Crippen LogP contribution in [0.1, 0.15) is 70.8 Å². The number of Topliss-reactive ketones (excluding diaryl/α,β-unsaturated/α-hetero) is 1. The van der Waals surface area contributed by atoms with Gasteiger partial charge in [-0.1, -0.05) is 13.8 Å². The van der Waals surface area contributed by atoms with E-state index >= 15 is 0 Å². The van der Waals surface area contributed by atoms with Crippen molar-refractivity contribution >= 4 is 11.9 Å². The number of aromatic nitrogens is 2. The molecule has 28 heavy (non-hydrogen) atoms. The summed E-state index contributed by atoms with van der Waals surface area (Å²) in [5.74, 6) is 2.95. The molecule has 4 fully saturated rings. The molecule has 0 aliphatic heterocycles. The number of aliphatic hydroxyl groups is 1. The number of hydrogen-bond donors (Lipinski definition) is 1. The Balaban J connectivity index is 1.45. The van der Waals surface area contributed by atoms with E-state index in [-0.39, 0.29) is 11.5 Å². The summed E-state index contributed by atoms with van der Waals surface area (Å²) >= 11 is 0. The number of rotatable bonds is 1. The molecule has 5 rings (SSSR count). The van der Waals surface area contributed by atoms with Crippen LogP contribution in [0.5, 0.6) is 0 Å². The third-order valence-corrected chi connectivity index (χ3v) is 9.34. The molecule has 1 heterocycles. The molecule has 0 saturated heterocycles. The van der Waals surface area contributed by atoms with E-state index in [1.807, 2.05) is 19.4 Å². The molecule has 4 heteroatoms. The molecular formula is C24H34N2O2. The molecule has 152 valence electrons. The van der Waals surface area contributed by atoms with Crippen molar-refractivity contribution in [3.8, 4) is 0 Å². The minimum absolute atomic E-state index is 0.0921. The van der Waals surface area contributed by atoms with Crippen molar-refractivity contribution in [2.45, 2.75) is 71.3 Å². The predicted molar refractivity (Wildman–Crippen MR) is 109 cm³/mol. The molecule has 1 N–H and O–H groups in total. The van der Waals surface area contributed by atoms with Gasteiger partial charge in [0.15, 0.2) is 5.78 Å². The van der Waals surface area contributed by atoms with Crippen molar-refractivity contribution in [3.05, 3.63) is 23.5 Å². The maximum atomic E-state index is 13.4. The van der Waals surface area contributed by atoms with Gasteiger partial charge in [-0.25, -0.2) is 0 Å². The first-order valence-corrected chi connectivity index (χ1v) is 11.2. The summed E-state index contributed by atoms with van der Waals surface area (Å²) in [5, 5.41) is 14.5. The summed E-state index contributed by atoms with van der Waals surface area (Å²) in [5.41, 5.74) is 2.25. The van der Waals surface area contributed by atoms with Crippen LogP contribution in [-0.2, 0) is 11.8 Å². The topological polar surface area (TPSA) is 55.1 Å². The molecular weight excluding hydrogens is 348 g/mol. The van der Waals surface area contributed by atoms with Crippen molar-refractivity contribution < 1.29 is 9.90 Å². The van der Waals surface area contributed by atoms with Crippen LogP contribution in [0.15, 0.2) is 18.0 Å². The lowest BCUT2D eigenvalue weighted by Crippen LogP contribution is -2.54. The number of ketones is 1. The Morgan fingerprint density at radius 3 is 2.75 bits per heavy atom. The van der Waals surface area contributed by atoms with Gasteiger partial charge in [0.05, 0.1) is 12.3 Å². The zero-order valence-corrected chi connectivity index (χ0v) is 17.5. The molecule has 4 saturated carbocycles. The number of fused-ring (bicyclic) bond motifs is 5. The molecule has 7 atom stereocenters. The summed E-state index contributed by atoms with van der Waals surface area (Å²) in [7, 11) is 1.92. The van der Waals surface area contributed by atoms with Crippen LogP contribution in [0.3, 0.4) is 0 Å². The van der Waals surface area contributed by atoms with E-state index < -0.39 is 0 Å². The summed E-state index contributed by atoms with van der Waals surface area (Å²) in [6.45, 7) is 4.76. The lowest BCUT2D eigenvalue weighted by molar-refractivity contribution is -0.141. The lowest BCUT2D eigenvalue weighted by Gasteiger charge is -2.59. The van der Waals surface area contributed by atoms with Crippen LogP contribution in [0.25, 0.3) is 6.08 Å². The smallest absolute Gasteiger partial charge is 0.165 e. The molecule has 0 radical (unpaired) electrons. The summed E-state index contributed by atoms with van der Waals surface area (Å²) in [6.07, 6.45) is 14.6. The highest BCUT2D eigenvalue weighted by molar-refractivity contribution is 6.05. The van der Waals surface area contributed by atoms with Gasteiger partial charge in [-0.3, -0.25) is 9.48 Å². The van der Waals surface area contributed by atoms with Crippen LogP contribution in [0, 0.1) is 34.5 Å². The first-order valence-electron chi connectivity index (χ1n) is 11.2. The Kier molecular flexibility index (Phi) is 4.18. The van der Waals surface area contributed by atoms with Crippen molar-refractivity contribution in [1.82, 2.24) is 9.78 Å². The van der Waals surface area contributed by atoms with Crippen molar-refractivity contribution in [2.24, 2.45) is 41.5 Å². The van der Waals surface area contributed by atoms with Crippen molar-refractivity contribution in [3.63, 3.8) is 0 Å². The highest BCUT2D eigenvalue weighted by Gasteiger charge is 2.61. The number of aryl methyl sites for hydroxylation is 1. The van der Waals surface area contributed by atoms with Gasteiger partial charge in [0.1, 0.15) is 0 Å². The van der Waals surface area contributed by atoms with Crippen LogP contribution < -0.4 is 0 Å². The Morgan fingerprint density at radius 2 is 2.00 bits per heavy atom. The van der Waals surface area contributed by atoms with E-state index in [2.05, 4.69) is 25.0 Å². The minimum atomic E-state index is -0.174. The lowest BCUT2D eigenvalue weighted by atomic mass is 9.45. The highest BCUT2D eigenvalue weighted by Crippen LogP contribution is 2.66. The second-order valence-electron chi connectivity index (χ2n) is 10.7. The number of hydrogen-bond acceptors (Lipinski definition) is 3. The normalized spacial score (nSPS) is 46.9. The fourth-order valence-electron chi connectivity index (χ4n) is 7.75. The first-order chi connectivity index (χ1) is 13.3. The van der Waals surface area contributed by atoms with Crippen molar-refractivity contribution in [1.29, 1.82) is 0 Å². The standard InChI is InChI=1S/C24H34N2O2/c1-23-8-6-18(27)12-17(23)4-5-19-20(23)7-9-24(2)21(19)11-16(22(24)28)10-15-13-25-26(3)14-15/h10,13-14,17-21,27H,4-9,11-12H2,1-3H3/b16-10+/t17-,18+,19-,20+,21+,23+,24+/m1/s1. The van der Waals surface area contributed by atoms with E-state index in [9.17, 15) is 9.90 Å². The fourth-order valence-corrected chi connectivity index (χ4v) is 7.75. The zero-order chi connectivity index (χ0) is 19.7. The SMILES string of the molecule is Cn1cc(/C=C2\C[C@H]3[C@@H]4CC[C@@H]5C[C@@H](O)CC[C@]5(C)[C@H]4CC[C@]3(C)C2=O)cn1. The second-order valence-corrected chi connectivity index (χ2v) is 10.7. The molecule has 4 aliphatic rings. The van der Waals surface area contributed by atoms with Gasteiger partial charge in [0.25, 0.3) is 0 Å². The van der Waals surface area contributed by atoms with Crippen LogP contribution in [0.4, 0.5) is 0 Å². The number of carbonyl (C=O) groups excluding carboxylic acids is 1. The van der Waals surface area contributed by atoms with Gasteiger partial charge in [0, 0.05) is 24.2 Å². The Labute approximate surface area is 168 Å². The van der Waals surface area contributed by atoms with E-state index in [1.54, 1.807) is 4.68 Å². The van der Waals surface area contributed by atoms with Gasteiger partial charge >= 0.3 is 0 Å². The van der Waals surface area contributed by atoms with E-state index in [1.165, 1.54) is 19.3 Å². The second kappa shape index (κ2) is 6.29. The Hall–Kier alpha value is -1.42. The molecule has 0 aromatic carbocycles. The fraction of sp³-hybridized carbons (Fsp3) is 0.750. The number of carbonyl (C=O) groups is 1. The third kappa shape index (κ3) is 2.59. The van der Waals surface area contributed by atoms with Crippen LogP contribution in [0.2, 0.25) is 0 Å². The number of allylic oxidation sites excluding steroid dienone is 1. The highest BCUT2D eigenvalue weighted by atomic mass is 16.3. The molecule has 1 aromatic heterocycles. The molecule has 0 unspecified atom stereocenters. The Morgan fingerprint density at radius 1 is 1.18 bits per heavy atom. The number of aliphatic hydroxyl groups excluding tert-OH is 1. The quantitative estimate of drug-likeness (QED) is 0.733. The molecule has 1 aromatic rings. The van der Waals surface area contributed by atoms with Gasteiger partial charge in [0.2, 0.25) is 0 Å². The average Bonchev–Trinajstić information content (AvgIpc) is 3.18. The molecule has 4 aliphatic carbocycles. The zero-order valence-electron chi connectivity index (χ0n) is 17.5. The molecule has 0 bridgehead atoms. The van der Waals surface area contributed by atoms with Gasteiger partial charge in [-0.2, -0.15) is 5.10 Å².